The smallest absolute Gasteiger partial charge is 0.251 e. The van der Waals surface area contributed by atoms with Gasteiger partial charge in [-0.2, -0.15) is 4.31 Å². The fourth-order valence-corrected chi connectivity index (χ4v) is 4.31. The first-order valence-corrected chi connectivity index (χ1v) is 9.90. The minimum atomic E-state index is -3.57. The average molecular weight is 367 g/mol. The maximum atomic E-state index is 12.8. The van der Waals surface area contributed by atoms with Crippen LogP contribution in [-0.2, 0) is 14.8 Å². The number of piperidine rings is 1. The van der Waals surface area contributed by atoms with Crippen LogP contribution in [0.4, 0.5) is 0 Å². The van der Waals surface area contributed by atoms with Gasteiger partial charge in [0.15, 0.2) is 0 Å². The molecule has 1 saturated heterocycles. The minimum absolute atomic E-state index is 0.145. The van der Waals surface area contributed by atoms with Gasteiger partial charge >= 0.3 is 0 Å². The molecular formula is C17H25N3O4S. The molecule has 1 aromatic carbocycles. The van der Waals surface area contributed by atoms with E-state index in [-0.39, 0.29) is 23.3 Å². The number of hydrogen-bond donors (Lipinski definition) is 2. The van der Waals surface area contributed by atoms with Gasteiger partial charge in [-0.3, -0.25) is 9.59 Å². The predicted octanol–water partition coefficient (Wildman–Crippen LogP) is 1.04. The van der Waals surface area contributed by atoms with Gasteiger partial charge in [0.25, 0.3) is 5.91 Å². The lowest BCUT2D eigenvalue weighted by Crippen LogP contribution is -2.36. The van der Waals surface area contributed by atoms with E-state index in [4.69, 9.17) is 0 Å². The zero-order valence-corrected chi connectivity index (χ0v) is 15.5. The number of carbonyl (C=O) groups excluding carboxylic acids is 2. The summed E-state index contributed by atoms with van der Waals surface area (Å²) in [4.78, 5) is 23.3. The van der Waals surface area contributed by atoms with Crippen LogP contribution in [0.1, 0.15) is 42.1 Å². The molecule has 0 radical (unpaired) electrons. The highest BCUT2D eigenvalue weighted by atomic mass is 32.2. The van der Waals surface area contributed by atoms with Gasteiger partial charge in [0.2, 0.25) is 15.9 Å². The van der Waals surface area contributed by atoms with Gasteiger partial charge in [0.1, 0.15) is 0 Å². The Balaban J connectivity index is 2.13. The van der Waals surface area contributed by atoms with Gasteiger partial charge < -0.3 is 10.6 Å². The monoisotopic (exact) mass is 367 g/mol. The molecule has 1 aromatic rings. The summed E-state index contributed by atoms with van der Waals surface area (Å²) in [7, 11) is -3.57. The Kier molecular flexibility index (Phi) is 6.55. The molecule has 2 amide bonds. The molecule has 1 aliphatic rings. The second-order valence-electron chi connectivity index (χ2n) is 6.18. The van der Waals surface area contributed by atoms with E-state index in [1.54, 1.807) is 19.1 Å². The van der Waals surface area contributed by atoms with Crippen molar-refractivity contribution in [3.8, 4) is 0 Å². The van der Waals surface area contributed by atoms with Gasteiger partial charge in [-0.05, 0) is 37.5 Å². The van der Waals surface area contributed by atoms with Crippen molar-refractivity contribution >= 4 is 21.8 Å². The third kappa shape index (κ3) is 5.02. The van der Waals surface area contributed by atoms with Crippen LogP contribution < -0.4 is 10.6 Å². The van der Waals surface area contributed by atoms with Gasteiger partial charge in [0.05, 0.1) is 4.90 Å². The van der Waals surface area contributed by atoms with Crippen molar-refractivity contribution < 1.29 is 18.0 Å². The van der Waals surface area contributed by atoms with Crippen LogP contribution in [0.3, 0.4) is 0 Å². The van der Waals surface area contributed by atoms with Crippen molar-refractivity contribution in [2.75, 3.05) is 26.2 Å². The largest absolute Gasteiger partial charge is 0.355 e. The molecule has 2 rings (SSSR count). The molecule has 1 heterocycles. The van der Waals surface area contributed by atoms with Crippen molar-refractivity contribution in [1.29, 1.82) is 0 Å². The van der Waals surface area contributed by atoms with E-state index in [1.807, 2.05) is 0 Å². The molecule has 0 bridgehead atoms. The molecule has 0 unspecified atom stereocenters. The highest BCUT2D eigenvalue weighted by Gasteiger charge is 2.27. The van der Waals surface area contributed by atoms with Crippen molar-refractivity contribution in [2.24, 2.45) is 0 Å². The molecule has 8 heteroatoms. The van der Waals surface area contributed by atoms with Gasteiger partial charge in [0, 0.05) is 38.7 Å². The molecule has 1 fully saturated rings. The van der Waals surface area contributed by atoms with Crippen molar-refractivity contribution in [3.63, 3.8) is 0 Å². The lowest BCUT2D eigenvalue weighted by molar-refractivity contribution is -0.118. The molecule has 0 atom stereocenters. The number of hydrogen-bond acceptors (Lipinski definition) is 4. The molecule has 0 aromatic heterocycles. The summed E-state index contributed by atoms with van der Waals surface area (Å²) in [6.45, 7) is 4.82. The number of nitrogens with zero attached hydrogens (tertiary/aromatic N) is 1. The fourth-order valence-electron chi connectivity index (χ4n) is 2.77. The molecule has 25 heavy (non-hydrogen) atoms. The Labute approximate surface area is 148 Å². The summed E-state index contributed by atoms with van der Waals surface area (Å²) in [5.41, 5.74) is 1.04. The van der Waals surface area contributed by atoms with E-state index < -0.39 is 10.0 Å². The molecule has 2 N–H and O–H groups in total. The number of carbonyl (C=O) groups is 2. The fraction of sp³-hybridized carbons (Fsp3) is 0.529. The summed E-state index contributed by atoms with van der Waals surface area (Å²) in [5, 5.41) is 5.28. The summed E-state index contributed by atoms with van der Waals surface area (Å²) in [6.07, 6.45) is 2.77. The van der Waals surface area contributed by atoms with E-state index >= 15 is 0 Å². The Morgan fingerprint density at radius 2 is 1.72 bits per heavy atom. The van der Waals surface area contributed by atoms with Gasteiger partial charge in [-0.15, -0.1) is 0 Å². The highest BCUT2D eigenvalue weighted by molar-refractivity contribution is 7.89. The first-order valence-electron chi connectivity index (χ1n) is 8.46. The summed E-state index contributed by atoms with van der Waals surface area (Å²) < 4.78 is 27.0. The number of nitrogens with one attached hydrogen (secondary N) is 2. The SMILES string of the molecule is CC(=O)NCCNC(=O)c1cc(S(=O)(=O)N2CCCCC2)ccc1C. The van der Waals surface area contributed by atoms with Crippen LogP contribution in [0.15, 0.2) is 23.1 Å². The second kappa shape index (κ2) is 8.44. The van der Waals surface area contributed by atoms with Crippen LogP contribution in [0.25, 0.3) is 0 Å². The Morgan fingerprint density at radius 1 is 1.08 bits per heavy atom. The van der Waals surface area contributed by atoms with Crippen LogP contribution in [0, 0.1) is 6.92 Å². The number of benzene rings is 1. The lowest BCUT2D eigenvalue weighted by atomic mass is 10.1. The molecule has 138 valence electrons. The topological polar surface area (TPSA) is 95.6 Å². The first kappa shape index (κ1) is 19.4. The van der Waals surface area contributed by atoms with Gasteiger partial charge in [-0.25, -0.2) is 8.42 Å². The average Bonchev–Trinajstić information content (AvgIpc) is 2.59. The number of aryl methyl sites for hydroxylation is 1. The molecular weight excluding hydrogens is 342 g/mol. The van der Waals surface area contributed by atoms with Crippen molar-refractivity contribution in [2.45, 2.75) is 38.0 Å². The summed E-state index contributed by atoms with van der Waals surface area (Å²) in [5.74, 6) is -0.515. The molecule has 0 aliphatic carbocycles. The van der Waals surface area contributed by atoms with E-state index in [9.17, 15) is 18.0 Å². The third-order valence-electron chi connectivity index (χ3n) is 4.19. The Morgan fingerprint density at radius 3 is 2.36 bits per heavy atom. The van der Waals surface area contributed by atoms with Crippen LogP contribution in [-0.4, -0.2) is 50.7 Å². The van der Waals surface area contributed by atoms with E-state index in [2.05, 4.69) is 10.6 Å². The molecule has 0 saturated carbocycles. The Bertz CT molecular complexity index is 740. The highest BCUT2D eigenvalue weighted by Crippen LogP contribution is 2.22. The quantitative estimate of drug-likeness (QED) is 0.734. The van der Waals surface area contributed by atoms with E-state index in [0.717, 1.165) is 19.3 Å². The standard InChI is InChI=1S/C17H25N3O4S/c1-13-6-7-15(25(23,24)20-10-4-3-5-11-20)12-16(13)17(22)19-9-8-18-14(2)21/h6-7,12H,3-5,8-11H2,1-2H3,(H,18,21)(H,19,22). The molecule has 1 aliphatic heterocycles. The molecule has 0 spiro atoms. The van der Waals surface area contributed by atoms with Crippen LogP contribution >= 0.6 is 0 Å². The number of amides is 2. The van der Waals surface area contributed by atoms with E-state index in [0.29, 0.717) is 30.8 Å². The normalized spacial score (nSPS) is 15.6. The first-order chi connectivity index (χ1) is 11.8. The maximum absolute atomic E-state index is 12.8. The van der Waals surface area contributed by atoms with Crippen LogP contribution in [0.5, 0.6) is 0 Å². The van der Waals surface area contributed by atoms with Crippen molar-refractivity contribution in [1.82, 2.24) is 14.9 Å². The minimum Gasteiger partial charge on any atom is -0.355 e. The van der Waals surface area contributed by atoms with Gasteiger partial charge in [-0.1, -0.05) is 12.5 Å². The van der Waals surface area contributed by atoms with E-state index in [1.165, 1.54) is 17.3 Å². The third-order valence-corrected chi connectivity index (χ3v) is 6.09. The second-order valence-corrected chi connectivity index (χ2v) is 8.12. The molecule has 7 nitrogen and oxygen atoms in total. The maximum Gasteiger partial charge on any atom is 0.251 e. The summed E-state index contributed by atoms with van der Waals surface area (Å²) in [6, 6.07) is 4.64. The number of rotatable bonds is 6. The predicted molar refractivity (Wildman–Crippen MR) is 94.8 cm³/mol. The lowest BCUT2D eigenvalue weighted by Gasteiger charge is -2.26. The summed E-state index contributed by atoms with van der Waals surface area (Å²) >= 11 is 0. The Hall–Kier alpha value is -1.93. The zero-order chi connectivity index (χ0) is 18.4. The van der Waals surface area contributed by atoms with Crippen molar-refractivity contribution in [3.05, 3.63) is 29.3 Å². The zero-order valence-electron chi connectivity index (χ0n) is 14.7. The van der Waals surface area contributed by atoms with Crippen LogP contribution in [0.2, 0.25) is 0 Å². The number of sulfonamides is 1.